The molecule has 3 rings (SSSR count). The van der Waals surface area contributed by atoms with Gasteiger partial charge in [-0.1, -0.05) is 18.2 Å². The number of hydrogen-bond donors (Lipinski definition) is 0. The molecule has 0 radical (unpaired) electrons. The Balaban J connectivity index is 1.62. The topological polar surface area (TPSA) is 68.3 Å². The number of methoxy groups -OCH3 is 3. The van der Waals surface area contributed by atoms with Gasteiger partial charge < -0.3 is 19.1 Å². The molecular weight excluding hydrogens is 428 g/mol. The van der Waals surface area contributed by atoms with Crippen molar-refractivity contribution in [2.75, 3.05) is 54.1 Å². The van der Waals surface area contributed by atoms with E-state index in [9.17, 15) is 8.42 Å². The van der Waals surface area contributed by atoms with Crippen LogP contribution >= 0.6 is 0 Å². The molecule has 2 aromatic rings. The fraction of sp³-hybridized carbons (Fsp3) is 0.500. The molecule has 0 bridgehead atoms. The molecule has 7 nitrogen and oxygen atoms in total. The molecule has 32 heavy (non-hydrogen) atoms. The average Bonchev–Trinajstić information content (AvgIpc) is 2.84. The van der Waals surface area contributed by atoms with Gasteiger partial charge in [0.15, 0.2) is 0 Å². The summed E-state index contributed by atoms with van der Waals surface area (Å²) >= 11 is 0. The zero-order chi connectivity index (χ0) is 23.0. The smallest absolute Gasteiger partial charge is 0.243 e. The molecule has 0 aromatic heterocycles. The highest BCUT2D eigenvalue weighted by atomic mass is 32.2. The van der Waals surface area contributed by atoms with E-state index in [-0.39, 0.29) is 10.9 Å². The van der Waals surface area contributed by atoms with Crippen LogP contribution in [0.15, 0.2) is 53.4 Å². The van der Waals surface area contributed by atoms with E-state index < -0.39 is 10.0 Å². The zero-order valence-corrected chi connectivity index (χ0v) is 20.0. The molecule has 1 aliphatic heterocycles. The van der Waals surface area contributed by atoms with Crippen LogP contribution in [0.2, 0.25) is 0 Å². The van der Waals surface area contributed by atoms with Crippen molar-refractivity contribution in [2.24, 2.45) is 0 Å². The monoisotopic (exact) mass is 462 g/mol. The summed E-state index contributed by atoms with van der Waals surface area (Å²) in [5.41, 5.74) is 1.27. The average molecular weight is 463 g/mol. The van der Waals surface area contributed by atoms with E-state index in [2.05, 4.69) is 17.0 Å². The summed E-state index contributed by atoms with van der Waals surface area (Å²) in [5.74, 6) is 1.40. The van der Waals surface area contributed by atoms with Crippen molar-refractivity contribution in [3.8, 4) is 11.5 Å². The van der Waals surface area contributed by atoms with Gasteiger partial charge in [0.25, 0.3) is 0 Å². The zero-order valence-electron chi connectivity index (χ0n) is 19.2. The molecular formula is C24H34N2O5S. The van der Waals surface area contributed by atoms with E-state index >= 15 is 0 Å². The molecule has 0 amide bonds. The number of nitrogens with zero attached hydrogens (tertiary/aromatic N) is 2. The van der Waals surface area contributed by atoms with Crippen LogP contribution in [0.1, 0.15) is 18.4 Å². The first-order valence-electron chi connectivity index (χ1n) is 11.0. The Morgan fingerprint density at radius 2 is 1.66 bits per heavy atom. The highest BCUT2D eigenvalue weighted by Crippen LogP contribution is 2.26. The number of rotatable bonds is 11. The number of benzene rings is 2. The van der Waals surface area contributed by atoms with E-state index in [1.165, 1.54) is 12.7 Å². The highest BCUT2D eigenvalue weighted by molar-refractivity contribution is 7.89. The molecule has 2 aromatic carbocycles. The number of likely N-dealkylation sites (tertiary alicyclic amines) is 1. The van der Waals surface area contributed by atoms with E-state index in [0.717, 1.165) is 44.6 Å². The normalized spacial score (nSPS) is 15.8. The van der Waals surface area contributed by atoms with Crippen molar-refractivity contribution in [3.63, 3.8) is 0 Å². The Hall–Kier alpha value is -2.13. The van der Waals surface area contributed by atoms with Crippen LogP contribution in [-0.4, -0.2) is 77.8 Å². The standard InChI is InChI=1S/C24H34N2O5S/c1-29-18-17-26(32(27,28)24-6-4-5-23(19-24)31-3)21-12-15-25(16-13-21)14-11-20-7-9-22(30-2)10-8-20/h4-10,19,21H,11-18H2,1-3H3. The third-order valence-electron chi connectivity index (χ3n) is 6.00. The summed E-state index contributed by atoms with van der Waals surface area (Å²) in [4.78, 5) is 2.67. The Labute approximate surface area is 191 Å². The SMILES string of the molecule is COCCN(C1CCN(CCc2ccc(OC)cc2)CC1)S(=O)(=O)c1cccc(OC)c1. The molecule has 0 atom stereocenters. The Morgan fingerprint density at radius 3 is 2.28 bits per heavy atom. The second-order valence-corrected chi connectivity index (χ2v) is 9.85. The molecule has 1 saturated heterocycles. The Kier molecular flexibility index (Phi) is 8.92. The van der Waals surface area contributed by atoms with Crippen LogP contribution < -0.4 is 9.47 Å². The maximum Gasteiger partial charge on any atom is 0.243 e. The van der Waals surface area contributed by atoms with Gasteiger partial charge in [-0.15, -0.1) is 0 Å². The number of sulfonamides is 1. The van der Waals surface area contributed by atoms with E-state index in [0.29, 0.717) is 18.9 Å². The van der Waals surface area contributed by atoms with E-state index in [4.69, 9.17) is 14.2 Å². The summed E-state index contributed by atoms with van der Waals surface area (Å²) in [6, 6.07) is 14.8. The molecule has 0 N–H and O–H groups in total. The molecule has 1 heterocycles. The molecule has 0 spiro atoms. The van der Waals surface area contributed by atoms with Gasteiger partial charge in [0, 0.05) is 32.3 Å². The fourth-order valence-corrected chi connectivity index (χ4v) is 5.79. The lowest BCUT2D eigenvalue weighted by Crippen LogP contribution is -2.48. The van der Waals surface area contributed by atoms with Crippen LogP contribution in [0, 0.1) is 0 Å². The minimum atomic E-state index is -3.64. The molecule has 0 aliphatic carbocycles. The first-order valence-corrected chi connectivity index (χ1v) is 12.4. The summed E-state index contributed by atoms with van der Waals surface area (Å²) in [5, 5.41) is 0. The van der Waals surface area contributed by atoms with Gasteiger partial charge in [0.05, 0.1) is 25.7 Å². The minimum absolute atomic E-state index is 0.0430. The first-order chi connectivity index (χ1) is 15.5. The molecule has 8 heteroatoms. The third kappa shape index (κ3) is 6.22. The predicted molar refractivity (Wildman–Crippen MR) is 125 cm³/mol. The van der Waals surface area contributed by atoms with Crippen LogP contribution in [0.5, 0.6) is 11.5 Å². The largest absolute Gasteiger partial charge is 0.497 e. The molecule has 176 valence electrons. The summed E-state index contributed by atoms with van der Waals surface area (Å²) in [6.45, 7) is 3.41. The second kappa shape index (κ2) is 11.7. The molecule has 0 saturated carbocycles. The number of hydrogen-bond acceptors (Lipinski definition) is 6. The molecule has 1 aliphatic rings. The number of ether oxygens (including phenoxy) is 3. The van der Waals surface area contributed by atoms with Crippen molar-refractivity contribution in [2.45, 2.75) is 30.2 Å². The van der Waals surface area contributed by atoms with Crippen LogP contribution in [-0.2, 0) is 21.2 Å². The lowest BCUT2D eigenvalue weighted by Gasteiger charge is -2.37. The van der Waals surface area contributed by atoms with Crippen molar-refractivity contribution < 1.29 is 22.6 Å². The minimum Gasteiger partial charge on any atom is -0.497 e. The third-order valence-corrected chi connectivity index (χ3v) is 7.95. The van der Waals surface area contributed by atoms with Crippen LogP contribution in [0.3, 0.4) is 0 Å². The maximum absolute atomic E-state index is 13.4. The molecule has 1 fully saturated rings. The first kappa shape index (κ1) is 24.5. The number of piperidine rings is 1. The van der Waals surface area contributed by atoms with Crippen molar-refractivity contribution in [1.29, 1.82) is 0 Å². The van der Waals surface area contributed by atoms with Crippen LogP contribution in [0.4, 0.5) is 0 Å². The summed E-state index contributed by atoms with van der Waals surface area (Å²) in [6.07, 6.45) is 2.56. The predicted octanol–water partition coefficient (Wildman–Crippen LogP) is 3.05. The van der Waals surface area contributed by atoms with Gasteiger partial charge in [0.2, 0.25) is 10.0 Å². The van der Waals surface area contributed by atoms with Gasteiger partial charge in [-0.05, 0) is 62.2 Å². The Morgan fingerprint density at radius 1 is 0.969 bits per heavy atom. The Bertz CT molecular complexity index is 941. The van der Waals surface area contributed by atoms with Gasteiger partial charge >= 0.3 is 0 Å². The van der Waals surface area contributed by atoms with Crippen LogP contribution in [0.25, 0.3) is 0 Å². The van der Waals surface area contributed by atoms with Crippen molar-refractivity contribution >= 4 is 10.0 Å². The highest BCUT2D eigenvalue weighted by Gasteiger charge is 2.33. The second-order valence-electron chi connectivity index (χ2n) is 7.96. The summed E-state index contributed by atoms with van der Waals surface area (Å²) in [7, 11) is 1.16. The van der Waals surface area contributed by atoms with E-state index in [1.807, 2.05) is 12.1 Å². The van der Waals surface area contributed by atoms with Gasteiger partial charge in [-0.3, -0.25) is 0 Å². The van der Waals surface area contributed by atoms with Gasteiger partial charge in [-0.2, -0.15) is 4.31 Å². The quantitative estimate of drug-likeness (QED) is 0.511. The lowest BCUT2D eigenvalue weighted by atomic mass is 10.0. The van der Waals surface area contributed by atoms with Gasteiger partial charge in [-0.25, -0.2) is 8.42 Å². The fourth-order valence-electron chi connectivity index (χ4n) is 4.09. The maximum atomic E-state index is 13.4. The lowest BCUT2D eigenvalue weighted by molar-refractivity contribution is 0.128. The van der Waals surface area contributed by atoms with Crippen molar-refractivity contribution in [1.82, 2.24) is 9.21 Å². The molecule has 0 unspecified atom stereocenters. The van der Waals surface area contributed by atoms with Gasteiger partial charge in [0.1, 0.15) is 11.5 Å². The summed E-state index contributed by atoms with van der Waals surface area (Å²) < 4.78 is 44.2. The van der Waals surface area contributed by atoms with E-state index in [1.54, 1.807) is 42.8 Å². The van der Waals surface area contributed by atoms with Crippen molar-refractivity contribution in [3.05, 3.63) is 54.1 Å².